The Morgan fingerprint density at radius 3 is 2.48 bits per heavy atom. The summed E-state index contributed by atoms with van der Waals surface area (Å²) in [7, 11) is 4.08. The van der Waals surface area contributed by atoms with E-state index in [1.807, 2.05) is 63.5 Å². The molecule has 1 aliphatic carbocycles. The number of carbonyl (C=O) groups excluding carboxylic acids is 1. The summed E-state index contributed by atoms with van der Waals surface area (Å²) in [5.41, 5.74) is 0.811. The van der Waals surface area contributed by atoms with Crippen molar-refractivity contribution in [3.8, 4) is 11.5 Å². The minimum absolute atomic E-state index is 0.155. The molecule has 0 radical (unpaired) electrons. The molecule has 1 aliphatic rings. The van der Waals surface area contributed by atoms with Gasteiger partial charge in [-0.3, -0.25) is 4.79 Å². The molecule has 3 atom stereocenters. The molecule has 3 unspecified atom stereocenters. The van der Waals surface area contributed by atoms with Crippen LogP contribution in [0.5, 0.6) is 11.5 Å². The first-order valence-corrected chi connectivity index (χ1v) is 12.1. The summed E-state index contributed by atoms with van der Waals surface area (Å²) >= 11 is 0. The van der Waals surface area contributed by atoms with Gasteiger partial charge < -0.3 is 19.5 Å². The molecule has 1 saturated carbocycles. The van der Waals surface area contributed by atoms with E-state index < -0.39 is 11.5 Å². The SMILES string of the molecule is CC(C)COc1ccc(C(C)C(=O)Oc2cccc(C3(O)CCCCC3CN(C)C)c2)cc1. The van der Waals surface area contributed by atoms with Crippen LogP contribution < -0.4 is 9.47 Å². The standard InChI is InChI=1S/C28H39NO4/c1-20(2)19-32-25-14-12-22(13-15-25)21(3)27(30)33-26-11-8-10-23(17-26)28(31)16-7-6-9-24(28)18-29(4)5/h8,10-15,17,20-21,24,31H,6-7,9,16,18-19H2,1-5H3. The molecule has 0 spiro atoms. The van der Waals surface area contributed by atoms with Gasteiger partial charge in [0.25, 0.3) is 0 Å². The lowest BCUT2D eigenvalue weighted by Gasteiger charge is -2.41. The molecule has 2 aromatic carbocycles. The minimum Gasteiger partial charge on any atom is -0.493 e. The molecule has 1 N–H and O–H groups in total. The van der Waals surface area contributed by atoms with Crippen LogP contribution in [-0.2, 0) is 10.4 Å². The summed E-state index contributed by atoms with van der Waals surface area (Å²) in [6.07, 6.45) is 3.85. The van der Waals surface area contributed by atoms with Crippen LogP contribution in [0.2, 0.25) is 0 Å². The number of aliphatic hydroxyl groups is 1. The molecule has 0 aromatic heterocycles. The topological polar surface area (TPSA) is 59.0 Å². The van der Waals surface area contributed by atoms with E-state index >= 15 is 0 Å². The molecule has 5 heteroatoms. The molecule has 5 nitrogen and oxygen atoms in total. The quantitative estimate of drug-likeness (QED) is 0.409. The zero-order valence-electron chi connectivity index (χ0n) is 20.7. The number of esters is 1. The van der Waals surface area contributed by atoms with Crippen molar-refractivity contribution in [1.82, 2.24) is 4.90 Å². The molecule has 0 saturated heterocycles. The summed E-state index contributed by atoms with van der Waals surface area (Å²) in [6, 6.07) is 15.0. The van der Waals surface area contributed by atoms with Crippen LogP contribution in [-0.4, -0.2) is 43.2 Å². The Balaban J connectivity index is 1.69. The average Bonchev–Trinajstić information content (AvgIpc) is 2.79. The van der Waals surface area contributed by atoms with Crippen LogP contribution in [0.25, 0.3) is 0 Å². The Morgan fingerprint density at radius 1 is 1.09 bits per heavy atom. The predicted octanol–water partition coefficient (Wildman–Crippen LogP) is 5.37. The maximum absolute atomic E-state index is 12.9. The highest BCUT2D eigenvalue weighted by molar-refractivity contribution is 5.80. The molecular formula is C28H39NO4. The van der Waals surface area contributed by atoms with E-state index in [1.165, 1.54) is 0 Å². The normalized spacial score (nSPS) is 21.8. The van der Waals surface area contributed by atoms with E-state index in [9.17, 15) is 9.90 Å². The molecule has 33 heavy (non-hydrogen) atoms. The van der Waals surface area contributed by atoms with Crippen molar-refractivity contribution in [1.29, 1.82) is 0 Å². The van der Waals surface area contributed by atoms with Gasteiger partial charge in [-0.2, -0.15) is 0 Å². The van der Waals surface area contributed by atoms with Crippen molar-refractivity contribution in [3.05, 3.63) is 59.7 Å². The molecule has 0 heterocycles. The third-order valence-corrected chi connectivity index (χ3v) is 6.49. The molecular weight excluding hydrogens is 414 g/mol. The minimum atomic E-state index is -0.900. The number of nitrogens with zero attached hydrogens (tertiary/aromatic N) is 1. The monoisotopic (exact) mass is 453 g/mol. The number of carbonyl (C=O) groups is 1. The molecule has 0 amide bonds. The fraction of sp³-hybridized carbons (Fsp3) is 0.536. The van der Waals surface area contributed by atoms with Gasteiger partial charge in [0.2, 0.25) is 0 Å². The molecule has 1 fully saturated rings. The summed E-state index contributed by atoms with van der Waals surface area (Å²) in [4.78, 5) is 15.0. The van der Waals surface area contributed by atoms with Crippen molar-refractivity contribution >= 4 is 5.97 Å². The van der Waals surface area contributed by atoms with Gasteiger partial charge in [-0.05, 0) is 75.2 Å². The van der Waals surface area contributed by atoms with Crippen LogP contribution in [0.3, 0.4) is 0 Å². The van der Waals surface area contributed by atoms with Crippen molar-refractivity contribution in [2.24, 2.45) is 11.8 Å². The average molecular weight is 454 g/mol. The van der Waals surface area contributed by atoms with E-state index in [1.54, 1.807) is 6.07 Å². The molecule has 180 valence electrons. The second-order valence-electron chi connectivity index (χ2n) is 10.1. The summed E-state index contributed by atoms with van der Waals surface area (Å²) < 4.78 is 11.5. The summed E-state index contributed by atoms with van der Waals surface area (Å²) in [6.45, 7) is 7.55. The Hall–Kier alpha value is -2.37. The number of benzene rings is 2. The van der Waals surface area contributed by atoms with Gasteiger partial charge in [0, 0.05) is 12.5 Å². The van der Waals surface area contributed by atoms with Gasteiger partial charge in [-0.1, -0.05) is 51.0 Å². The Kier molecular flexibility index (Phi) is 8.55. The maximum Gasteiger partial charge on any atom is 0.318 e. The lowest BCUT2D eigenvalue weighted by molar-refractivity contribution is -0.135. The summed E-state index contributed by atoms with van der Waals surface area (Å²) in [5.74, 6) is 1.16. The second kappa shape index (κ2) is 11.2. The van der Waals surface area contributed by atoms with Gasteiger partial charge >= 0.3 is 5.97 Å². The fourth-order valence-corrected chi connectivity index (χ4v) is 4.58. The van der Waals surface area contributed by atoms with Crippen molar-refractivity contribution in [2.45, 2.75) is 58.0 Å². The Labute approximate surface area is 198 Å². The van der Waals surface area contributed by atoms with E-state index in [2.05, 4.69) is 18.7 Å². The highest BCUT2D eigenvalue weighted by atomic mass is 16.5. The third-order valence-electron chi connectivity index (χ3n) is 6.49. The first-order valence-electron chi connectivity index (χ1n) is 12.1. The van der Waals surface area contributed by atoms with Gasteiger partial charge in [-0.25, -0.2) is 0 Å². The lowest BCUT2D eigenvalue weighted by Crippen LogP contribution is -2.43. The van der Waals surface area contributed by atoms with Crippen LogP contribution in [0.15, 0.2) is 48.5 Å². The molecule has 0 aliphatic heterocycles. The number of hydrogen-bond donors (Lipinski definition) is 1. The van der Waals surface area contributed by atoms with Crippen LogP contribution in [0.1, 0.15) is 63.5 Å². The molecule has 2 aromatic rings. The largest absolute Gasteiger partial charge is 0.493 e. The molecule has 3 rings (SSSR count). The zero-order valence-corrected chi connectivity index (χ0v) is 20.7. The zero-order chi connectivity index (χ0) is 24.0. The third kappa shape index (κ3) is 6.58. The van der Waals surface area contributed by atoms with Gasteiger partial charge in [0.15, 0.2) is 0 Å². The van der Waals surface area contributed by atoms with E-state index in [0.717, 1.165) is 49.1 Å². The maximum atomic E-state index is 12.9. The number of ether oxygens (including phenoxy) is 2. The van der Waals surface area contributed by atoms with E-state index in [-0.39, 0.29) is 11.9 Å². The van der Waals surface area contributed by atoms with Crippen LogP contribution in [0, 0.1) is 11.8 Å². The Morgan fingerprint density at radius 2 is 1.82 bits per heavy atom. The van der Waals surface area contributed by atoms with Crippen molar-refractivity contribution in [2.75, 3.05) is 27.2 Å². The Bertz CT molecular complexity index is 908. The van der Waals surface area contributed by atoms with Gasteiger partial charge in [0.05, 0.1) is 18.1 Å². The first kappa shape index (κ1) is 25.3. The lowest BCUT2D eigenvalue weighted by atomic mass is 9.71. The second-order valence-corrected chi connectivity index (χ2v) is 10.1. The molecule has 0 bridgehead atoms. The highest BCUT2D eigenvalue weighted by Gasteiger charge is 2.40. The van der Waals surface area contributed by atoms with E-state index in [4.69, 9.17) is 9.47 Å². The number of hydrogen-bond acceptors (Lipinski definition) is 5. The van der Waals surface area contributed by atoms with E-state index in [0.29, 0.717) is 18.3 Å². The van der Waals surface area contributed by atoms with Crippen LogP contribution >= 0.6 is 0 Å². The highest BCUT2D eigenvalue weighted by Crippen LogP contribution is 2.42. The van der Waals surface area contributed by atoms with Gasteiger partial charge in [-0.15, -0.1) is 0 Å². The fourth-order valence-electron chi connectivity index (χ4n) is 4.58. The van der Waals surface area contributed by atoms with Gasteiger partial charge in [0.1, 0.15) is 11.5 Å². The number of rotatable bonds is 9. The summed E-state index contributed by atoms with van der Waals surface area (Å²) in [5, 5.41) is 11.6. The first-order chi connectivity index (χ1) is 15.7. The van der Waals surface area contributed by atoms with Crippen molar-refractivity contribution < 1.29 is 19.4 Å². The van der Waals surface area contributed by atoms with Crippen LogP contribution in [0.4, 0.5) is 0 Å². The predicted molar refractivity (Wildman–Crippen MR) is 132 cm³/mol. The smallest absolute Gasteiger partial charge is 0.318 e. The van der Waals surface area contributed by atoms with Crippen molar-refractivity contribution in [3.63, 3.8) is 0 Å².